The van der Waals surface area contributed by atoms with Gasteiger partial charge in [0.2, 0.25) is 5.91 Å². The fourth-order valence-corrected chi connectivity index (χ4v) is 4.51. The molecule has 0 saturated carbocycles. The second-order valence-corrected chi connectivity index (χ2v) is 8.70. The zero-order valence-electron chi connectivity index (χ0n) is 17.9. The highest BCUT2D eigenvalue weighted by atomic mass is 35.5. The van der Waals surface area contributed by atoms with Gasteiger partial charge in [0, 0.05) is 37.6 Å². The van der Waals surface area contributed by atoms with E-state index < -0.39 is 22.7 Å². The van der Waals surface area contributed by atoms with Crippen molar-refractivity contribution in [3.8, 4) is 6.07 Å². The molecule has 0 spiro atoms. The van der Waals surface area contributed by atoms with Gasteiger partial charge in [-0.3, -0.25) is 9.69 Å². The summed E-state index contributed by atoms with van der Waals surface area (Å²) < 4.78 is 39.1. The number of alkyl halides is 3. The number of rotatable bonds is 4. The molecule has 2 aliphatic rings. The topological polar surface area (TPSA) is 72.3 Å². The smallest absolute Gasteiger partial charge is 0.353 e. The van der Waals surface area contributed by atoms with Crippen molar-refractivity contribution < 1.29 is 18.0 Å². The standard InChI is InChI=1S/C23H23ClF3N5O/c24-19-6-5-17(12-18(19)23(25,26)27)29-21(33)14-31-7-9-32(10-8-31)22-16(13-28)11-15-3-1-2-4-20(15)30-22/h5-6,11-12H,1-4,7-10,14H2,(H,29,33). The highest BCUT2D eigenvalue weighted by molar-refractivity contribution is 6.31. The summed E-state index contributed by atoms with van der Waals surface area (Å²) >= 11 is 5.63. The first kappa shape index (κ1) is 23.3. The van der Waals surface area contributed by atoms with E-state index in [0.29, 0.717) is 37.6 Å². The van der Waals surface area contributed by atoms with Crippen LogP contribution in [0.5, 0.6) is 0 Å². The van der Waals surface area contributed by atoms with Crippen molar-refractivity contribution in [2.45, 2.75) is 31.9 Å². The summed E-state index contributed by atoms with van der Waals surface area (Å²) in [5, 5.41) is 11.7. The Bertz CT molecular complexity index is 1090. The number of piperazine rings is 1. The second kappa shape index (κ2) is 9.57. The summed E-state index contributed by atoms with van der Waals surface area (Å²) in [6, 6.07) is 7.52. The Balaban J connectivity index is 1.36. The average molecular weight is 478 g/mol. The van der Waals surface area contributed by atoms with Crippen molar-refractivity contribution >= 4 is 29.0 Å². The van der Waals surface area contributed by atoms with E-state index in [2.05, 4.69) is 16.3 Å². The minimum atomic E-state index is -4.60. The lowest BCUT2D eigenvalue weighted by atomic mass is 9.95. The van der Waals surface area contributed by atoms with Crippen LogP contribution in [0.2, 0.25) is 5.02 Å². The molecular formula is C23H23ClF3N5O. The van der Waals surface area contributed by atoms with Crippen molar-refractivity contribution in [1.29, 1.82) is 5.26 Å². The van der Waals surface area contributed by atoms with Gasteiger partial charge in [0.15, 0.2) is 0 Å². The van der Waals surface area contributed by atoms with E-state index in [1.165, 1.54) is 6.07 Å². The number of nitriles is 1. The first-order valence-electron chi connectivity index (χ1n) is 10.8. The number of anilines is 2. The number of nitrogens with zero attached hydrogens (tertiary/aromatic N) is 4. The molecule has 1 aliphatic heterocycles. The van der Waals surface area contributed by atoms with Crippen molar-refractivity contribution in [3.05, 3.63) is 51.7 Å². The Morgan fingerprint density at radius 2 is 1.88 bits per heavy atom. The van der Waals surface area contributed by atoms with Gasteiger partial charge in [-0.05, 0) is 55.5 Å². The van der Waals surface area contributed by atoms with Gasteiger partial charge in [-0.25, -0.2) is 4.98 Å². The van der Waals surface area contributed by atoms with E-state index in [0.717, 1.165) is 49.1 Å². The van der Waals surface area contributed by atoms with Crippen LogP contribution in [0.1, 0.15) is 35.2 Å². The zero-order chi connectivity index (χ0) is 23.6. The summed E-state index contributed by atoms with van der Waals surface area (Å²) in [7, 11) is 0. The summed E-state index contributed by atoms with van der Waals surface area (Å²) in [4.78, 5) is 21.2. The third kappa shape index (κ3) is 5.40. The molecule has 1 N–H and O–H groups in total. The van der Waals surface area contributed by atoms with Gasteiger partial charge < -0.3 is 10.2 Å². The number of amides is 1. The summed E-state index contributed by atoms with van der Waals surface area (Å²) in [6.07, 6.45) is -0.492. The van der Waals surface area contributed by atoms with Crippen LogP contribution in [0.25, 0.3) is 0 Å². The van der Waals surface area contributed by atoms with Crippen LogP contribution in [0.4, 0.5) is 24.7 Å². The highest BCUT2D eigenvalue weighted by Crippen LogP contribution is 2.36. The molecule has 1 amide bonds. The van der Waals surface area contributed by atoms with Crippen LogP contribution in [-0.2, 0) is 23.8 Å². The molecule has 4 rings (SSSR count). The van der Waals surface area contributed by atoms with Crippen LogP contribution in [-0.4, -0.2) is 48.5 Å². The number of pyridine rings is 1. The van der Waals surface area contributed by atoms with E-state index >= 15 is 0 Å². The van der Waals surface area contributed by atoms with Gasteiger partial charge in [-0.15, -0.1) is 0 Å². The fraction of sp³-hybridized carbons (Fsp3) is 0.435. The van der Waals surface area contributed by atoms with Crippen molar-refractivity contribution in [1.82, 2.24) is 9.88 Å². The Hall–Kier alpha value is -2.83. The number of hydrogen-bond acceptors (Lipinski definition) is 5. The van der Waals surface area contributed by atoms with E-state index in [-0.39, 0.29) is 12.2 Å². The number of carbonyl (C=O) groups is 1. The lowest BCUT2D eigenvalue weighted by Gasteiger charge is -2.35. The summed E-state index contributed by atoms with van der Waals surface area (Å²) in [5.74, 6) is 0.298. The second-order valence-electron chi connectivity index (χ2n) is 8.29. The minimum absolute atomic E-state index is 0.0484. The molecule has 2 heterocycles. The maximum absolute atomic E-state index is 13.0. The van der Waals surface area contributed by atoms with Crippen molar-refractivity contribution in [2.24, 2.45) is 0 Å². The number of aryl methyl sites for hydroxylation is 2. The molecule has 1 saturated heterocycles. The number of aromatic nitrogens is 1. The fourth-order valence-electron chi connectivity index (χ4n) is 4.29. The third-order valence-corrected chi connectivity index (χ3v) is 6.33. The third-order valence-electron chi connectivity index (χ3n) is 6.00. The maximum atomic E-state index is 13.0. The van der Waals surface area contributed by atoms with Gasteiger partial charge in [0.1, 0.15) is 11.9 Å². The van der Waals surface area contributed by atoms with Crippen LogP contribution >= 0.6 is 11.6 Å². The Labute approximate surface area is 194 Å². The molecule has 0 unspecified atom stereocenters. The van der Waals surface area contributed by atoms with Gasteiger partial charge in [-0.1, -0.05) is 11.6 Å². The Morgan fingerprint density at radius 3 is 2.58 bits per heavy atom. The lowest BCUT2D eigenvalue weighted by molar-refractivity contribution is -0.137. The van der Waals surface area contributed by atoms with Gasteiger partial charge >= 0.3 is 6.18 Å². The van der Waals surface area contributed by atoms with Gasteiger partial charge in [0.05, 0.1) is 22.7 Å². The van der Waals surface area contributed by atoms with E-state index in [4.69, 9.17) is 16.6 Å². The summed E-state index contributed by atoms with van der Waals surface area (Å²) in [6.45, 7) is 2.41. The van der Waals surface area contributed by atoms with Gasteiger partial charge in [-0.2, -0.15) is 18.4 Å². The highest BCUT2D eigenvalue weighted by Gasteiger charge is 2.33. The molecule has 1 fully saturated rings. The zero-order valence-corrected chi connectivity index (χ0v) is 18.6. The molecule has 0 bridgehead atoms. The first-order valence-corrected chi connectivity index (χ1v) is 11.2. The number of nitrogens with one attached hydrogen (secondary N) is 1. The van der Waals surface area contributed by atoms with Crippen molar-refractivity contribution in [3.63, 3.8) is 0 Å². The maximum Gasteiger partial charge on any atom is 0.417 e. The Kier molecular flexibility index (Phi) is 6.77. The average Bonchev–Trinajstić information content (AvgIpc) is 2.79. The molecule has 6 nitrogen and oxygen atoms in total. The van der Waals surface area contributed by atoms with Crippen LogP contribution < -0.4 is 10.2 Å². The van der Waals surface area contributed by atoms with Crippen molar-refractivity contribution in [2.75, 3.05) is 42.9 Å². The largest absolute Gasteiger partial charge is 0.417 e. The van der Waals surface area contributed by atoms with Crippen LogP contribution in [0.3, 0.4) is 0 Å². The molecule has 10 heteroatoms. The molecule has 2 aromatic rings. The molecule has 1 aromatic carbocycles. The number of halogens is 4. The molecule has 0 radical (unpaired) electrons. The van der Waals surface area contributed by atoms with Crippen LogP contribution in [0, 0.1) is 11.3 Å². The molecule has 174 valence electrons. The normalized spacial score (nSPS) is 16.8. The number of benzene rings is 1. The molecule has 1 aliphatic carbocycles. The van der Waals surface area contributed by atoms with Crippen LogP contribution in [0.15, 0.2) is 24.3 Å². The number of fused-ring (bicyclic) bond motifs is 1. The van der Waals surface area contributed by atoms with E-state index in [1.807, 2.05) is 11.0 Å². The van der Waals surface area contributed by atoms with Gasteiger partial charge in [0.25, 0.3) is 0 Å². The SMILES string of the molecule is N#Cc1cc2c(nc1N1CCN(CC(=O)Nc3ccc(Cl)c(C(F)(F)F)c3)CC1)CCCC2. The minimum Gasteiger partial charge on any atom is -0.353 e. The van der Waals surface area contributed by atoms with E-state index in [1.54, 1.807) is 0 Å². The molecule has 0 atom stereocenters. The molecule has 1 aromatic heterocycles. The summed E-state index contributed by atoms with van der Waals surface area (Å²) in [5.41, 5.74) is 1.87. The predicted molar refractivity (Wildman–Crippen MR) is 119 cm³/mol. The number of hydrogen-bond donors (Lipinski definition) is 1. The number of carbonyl (C=O) groups excluding carboxylic acids is 1. The monoisotopic (exact) mass is 477 g/mol. The lowest BCUT2D eigenvalue weighted by Crippen LogP contribution is -2.49. The molecular weight excluding hydrogens is 455 g/mol. The Morgan fingerprint density at radius 1 is 1.15 bits per heavy atom. The van der Waals surface area contributed by atoms with E-state index in [9.17, 15) is 23.2 Å². The molecule has 33 heavy (non-hydrogen) atoms. The predicted octanol–water partition coefficient (Wildman–Crippen LogP) is 4.26. The first-order chi connectivity index (χ1) is 15.7. The quantitative estimate of drug-likeness (QED) is 0.712.